The van der Waals surface area contributed by atoms with Crippen molar-refractivity contribution in [3.05, 3.63) is 16.5 Å². The van der Waals surface area contributed by atoms with E-state index in [-0.39, 0.29) is 5.41 Å². The average Bonchev–Trinajstić information content (AvgIpc) is 2.79. The Morgan fingerprint density at radius 1 is 1.38 bits per heavy atom. The lowest BCUT2D eigenvalue weighted by atomic mass is 9.96. The van der Waals surface area contributed by atoms with E-state index in [2.05, 4.69) is 58.9 Å². The minimum Gasteiger partial charge on any atom is -0.367 e. The molecule has 1 saturated carbocycles. The summed E-state index contributed by atoms with van der Waals surface area (Å²) in [5.74, 6) is 2.57. The Hall–Kier alpha value is -0.640. The third kappa shape index (κ3) is 2.73. The van der Waals surface area contributed by atoms with Gasteiger partial charge in [-0.05, 0) is 28.3 Å². The predicted molar refractivity (Wildman–Crippen MR) is 69.6 cm³/mol. The van der Waals surface area contributed by atoms with Crippen molar-refractivity contribution < 1.29 is 0 Å². The second kappa shape index (κ2) is 3.99. The fraction of sp³-hybridized carbons (Fsp3) is 0.667. The van der Waals surface area contributed by atoms with E-state index >= 15 is 0 Å². The van der Waals surface area contributed by atoms with Gasteiger partial charge in [-0.3, -0.25) is 0 Å². The molecule has 1 aromatic heterocycles. The van der Waals surface area contributed by atoms with Crippen LogP contribution in [0.2, 0.25) is 0 Å². The number of anilines is 1. The summed E-state index contributed by atoms with van der Waals surface area (Å²) in [7, 11) is 0. The topological polar surface area (TPSA) is 37.8 Å². The molecule has 2 unspecified atom stereocenters. The van der Waals surface area contributed by atoms with E-state index in [0.717, 1.165) is 22.2 Å². The normalized spacial score (nSPS) is 24.3. The molecule has 0 bridgehead atoms. The van der Waals surface area contributed by atoms with Crippen LogP contribution in [0.1, 0.15) is 39.9 Å². The maximum absolute atomic E-state index is 4.57. The van der Waals surface area contributed by atoms with Gasteiger partial charge in [0, 0.05) is 17.5 Å². The van der Waals surface area contributed by atoms with Crippen molar-refractivity contribution in [2.45, 2.75) is 45.6 Å². The summed E-state index contributed by atoms with van der Waals surface area (Å²) in [6.07, 6.45) is 1.24. The number of hydrogen-bond acceptors (Lipinski definition) is 3. The lowest BCUT2D eigenvalue weighted by Gasteiger charge is -2.17. The second-order valence-corrected chi connectivity index (χ2v) is 6.43. The van der Waals surface area contributed by atoms with Crippen molar-refractivity contribution in [3.8, 4) is 0 Å². The predicted octanol–water partition coefficient (Wildman–Crippen LogP) is 3.36. The zero-order valence-corrected chi connectivity index (χ0v) is 11.8. The van der Waals surface area contributed by atoms with Crippen LogP contribution in [0.4, 0.5) is 5.82 Å². The Balaban J connectivity index is 2.22. The fourth-order valence-electron chi connectivity index (χ4n) is 1.54. The number of aromatic nitrogens is 2. The first-order valence-corrected chi connectivity index (χ1v) is 6.47. The summed E-state index contributed by atoms with van der Waals surface area (Å²) >= 11 is 3.44. The number of rotatable bonds is 2. The van der Waals surface area contributed by atoms with Crippen molar-refractivity contribution in [3.63, 3.8) is 0 Å². The van der Waals surface area contributed by atoms with Crippen LogP contribution >= 0.6 is 15.9 Å². The lowest BCUT2D eigenvalue weighted by Crippen LogP contribution is -2.18. The quantitative estimate of drug-likeness (QED) is 0.846. The van der Waals surface area contributed by atoms with Gasteiger partial charge in [0.2, 0.25) is 0 Å². The molecule has 1 aromatic rings. The van der Waals surface area contributed by atoms with Crippen molar-refractivity contribution in [2.24, 2.45) is 5.92 Å². The Bertz CT molecular complexity index is 398. The highest BCUT2D eigenvalue weighted by Gasteiger charge is 2.33. The van der Waals surface area contributed by atoms with Gasteiger partial charge in [-0.25, -0.2) is 9.97 Å². The molecule has 0 aromatic carbocycles. The van der Waals surface area contributed by atoms with Gasteiger partial charge in [0.1, 0.15) is 16.2 Å². The van der Waals surface area contributed by atoms with Crippen LogP contribution in [-0.2, 0) is 5.41 Å². The van der Waals surface area contributed by atoms with Crippen LogP contribution in [0.5, 0.6) is 0 Å². The first-order chi connectivity index (χ1) is 7.36. The maximum atomic E-state index is 4.57. The van der Waals surface area contributed by atoms with E-state index in [1.165, 1.54) is 6.42 Å². The van der Waals surface area contributed by atoms with Gasteiger partial charge in [0.05, 0.1) is 0 Å². The zero-order valence-electron chi connectivity index (χ0n) is 10.2. The highest BCUT2D eigenvalue weighted by Crippen LogP contribution is 2.33. The highest BCUT2D eigenvalue weighted by molar-refractivity contribution is 9.10. The Kier molecular flexibility index (Phi) is 2.95. The summed E-state index contributed by atoms with van der Waals surface area (Å²) in [5.41, 5.74) is -0.0185. The molecular weight excluding hydrogens is 266 g/mol. The van der Waals surface area contributed by atoms with Gasteiger partial charge >= 0.3 is 0 Å². The van der Waals surface area contributed by atoms with Crippen LogP contribution in [0.3, 0.4) is 0 Å². The molecule has 2 atom stereocenters. The maximum Gasteiger partial charge on any atom is 0.137 e. The van der Waals surface area contributed by atoms with Crippen LogP contribution in [0.25, 0.3) is 0 Å². The van der Waals surface area contributed by atoms with Crippen molar-refractivity contribution in [1.29, 1.82) is 0 Å². The molecule has 0 radical (unpaired) electrons. The summed E-state index contributed by atoms with van der Waals surface area (Å²) in [4.78, 5) is 8.98. The van der Waals surface area contributed by atoms with E-state index in [0.29, 0.717) is 6.04 Å². The largest absolute Gasteiger partial charge is 0.367 e. The Morgan fingerprint density at radius 3 is 2.50 bits per heavy atom. The lowest BCUT2D eigenvalue weighted by molar-refractivity contribution is 0.544. The first-order valence-electron chi connectivity index (χ1n) is 5.68. The molecule has 1 N–H and O–H groups in total. The molecule has 88 valence electrons. The third-order valence-corrected chi connectivity index (χ3v) is 3.21. The van der Waals surface area contributed by atoms with Gasteiger partial charge in [-0.2, -0.15) is 0 Å². The van der Waals surface area contributed by atoms with Crippen molar-refractivity contribution in [1.82, 2.24) is 9.97 Å². The third-order valence-electron chi connectivity index (χ3n) is 2.81. The summed E-state index contributed by atoms with van der Waals surface area (Å²) in [6.45, 7) is 8.62. The molecule has 16 heavy (non-hydrogen) atoms. The monoisotopic (exact) mass is 283 g/mol. The first kappa shape index (κ1) is 11.8. The fourth-order valence-corrected chi connectivity index (χ4v) is 1.92. The molecule has 1 heterocycles. The van der Waals surface area contributed by atoms with E-state index in [1.54, 1.807) is 0 Å². The molecular formula is C12H18BrN3. The minimum atomic E-state index is -0.0185. The van der Waals surface area contributed by atoms with E-state index < -0.39 is 0 Å². The molecule has 2 rings (SSSR count). The van der Waals surface area contributed by atoms with Crippen LogP contribution in [-0.4, -0.2) is 16.0 Å². The summed E-state index contributed by atoms with van der Waals surface area (Å²) in [5, 5.41) is 3.44. The molecule has 0 aliphatic heterocycles. The number of nitrogens with one attached hydrogen (secondary N) is 1. The number of hydrogen-bond donors (Lipinski definition) is 1. The summed E-state index contributed by atoms with van der Waals surface area (Å²) < 4.78 is 0.850. The van der Waals surface area contributed by atoms with Crippen molar-refractivity contribution >= 4 is 21.7 Å². The molecule has 0 saturated heterocycles. The van der Waals surface area contributed by atoms with E-state index in [4.69, 9.17) is 0 Å². The Labute approximate surface area is 105 Å². The van der Waals surface area contributed by atoms with Gasteiger partial charge in [0.15, 0.2) is 0 Å². The van der Waals surface area contributed by atoms with Gasteiger partial charge in [0.25, 0.3) is 0 Å². The zero-order chi connectivity index (χ0) is 11.9. The van der Waals surface area contributed by atoms with Crippen LogP contribution in [0.15, 0.2) is 10.7 Å². The molecule has 0 amide bonds. The number of halogens is 1. The molecule has 4 heteroatoms. The van der Waals surface area contributed by atoms with Crippen LogP contribution < -0.4 is 5.32 Å². The molecule has 1 aliphatic rings. The van der Waals surface area contributed by atoms with E-state index in [1.807, 2.05) is 6.07 Å². The molecule has 3 nitrogen and oxygen atoms in total. The van der Waals surface area contributed by atoms with Gasteiger partial charge in [-0.15, -0.1) is 0 Å². The van der Waals surface area contributed by atoms with E-state index in [9.17, 15) is 0 Å². The number of nitrogens with zero attached hydrogens (tertiary/aromatic N) is 2. The molecule has 1 aliphatic carbocycles. The van der Waals surface area contributed by atoms with Gasteiger partial charge in [-0.1, -0.05) is 27.7 Å². The standard InChI is InChI=1S/C12H18BrN3/c1-7-5-8(7)14-10-6-9(13)15-11(16-10)12(2,3)4/h6-8H,5H2,1-4H3,(H,14,15,16). The second-order valence-electron chi connectivity index (χ2n) is 5.61. The van der Waals surface area contributed by atoms with Crippen LogP contribution in [0, 0.1) is 5.92 Å². The smallest absolute Gasteiger partial charge is 0.137 e. The van der Waals surface area contributed by atoms with Crippen molar-refractivity contribution in [2.75, 3.05) is 5.32 Å². The SMILES string of the molecule is CC1CC1Nc1cc(Br)nc(C(C)(C)C)n1. The minimum absolute atomic E-state index is 0.0185. The van der Waals surface area contributed by atoms with Gasteiger partial charge < -0.3 is 5.32 Å². The summed E-state index contributed by atoms with van der Waals surface area (Å²) in [6, 6.07) is 2.54. The molecule has 1 fully saturated rings. The highest BCUT2D eigenvalue weighted by atomic mass is 79.9. The average molecular weight is 284 g/mol. The molecule has 0 spiro atoms. The Morgan fingerprint density at radius 2 is 2.00 bits per heavy atom.